The van der Waals surface area contributed by atoms with E-state index in [1.807, 2.05) is 0 Å². The first-order chi connectivity index (χ1) is 8.15. The summed E-state index contributed by atoms with van der Waals surface area (Å²) < 4.78 is 13.4. The molecule has 0 bridgehead atoms. The van der Waals surface area contributed by atoms with E-state index in [0.717, 1.165) is 19.3 Å². The smallest absolute Gasteiger partial charge is 0.165 e. The molecule has 0 amide bonds. The highest BCUT2D eigenvalue weighted by Crippen LogP contribution is 2.17. The lowest BCUT2D eigenvalue weighted by Gasteiger charge is -2.03. The molecule has 0 spiro atoms. The molecular formula is C14H18ClFO. The van der Waals surface area contributed by atoms with E-state index in [4.69, 9.17) is 11.6 Å². The molecule has 0 aliphatic heterocycles. The number of carbonyl (C=O) groups excluding carboxylic acids is 1. The molecule has 94 valence electrons. The van der Waals surface area contributed by atoms with E-state index < -0.39 is 5.82 Å². The van der Waals surface area contributed by atoms with Gasteiger partial charge in [-0.1, -0.05) is 44.2 Å². The van der Waals surface area contributed by atoms with Crippen LogP contribution in [0.4, 0.5) is 4.39 Å². The first kappa shape index (κ1) is 14.2. The fourth-order valence-electron chi connectivity index (χ4n) is 1.74. The number of ketones is 1. The van der Waals surface area contributed by atoms with Crippen LogP contribution in [-0.4, -0.2) is 5.78 Å². The normalized spacial score (nSPS) is 10.5. The summed E-state index contributed by atoms with van der Waals surface area (Å²) in [7, 11) is 0. The van der Waals surface area contributed by atoms with Gasteiger partial charge < -0.3 is 0 Å². The Bertz CT molecular complexity index is 376. The Morgan fingerprint density at radius 3 is 2.59 bits per heavy atom. The van der Waals surface area contributed by atoms with Crippen LogP contribution in [0.25, 0.3) is 0 Å². The highest BCUT2D eigenvalue weighted by Gasteiger charge is 2.11. The Morgan fingerprint density at radius 2 is 1.94 bits per heavy atom. The Labute approximate surface area is 107 Å². The number of Topliss-reactive ketones (excluding diaryl/α,β-unsaturated/α-hetero) is 1. The van der Waals surface area contributed by atoms with Crippen molar-refractivity contribution >= 4 is 17.4 Å². The molecule has 1 nitrogen and oxygen atoms in total. The molecule has 3 heteroatoms. The van der Waals surface area contributed by atoms with Crippen LogP contribution >= 0.6 is 11.6 Å². The maximum atomic E-state index is 13.4. The second-order valence-corrected chi connectivity index (χ2v) is 4.65. The molecule has 0 heterocycles. The zero-order chi connectivity index (χ0) is 12.7. The molecule has 0 unspecified atom stereocenters. The van der Waals surface area contributed by atoms with Gasteiger partial charge in [0.1, 0.15) is 5.82 Å². The molecule has 0 radical (unpaired) electrons. The average molecular weight is 257 g/mol. The number of hydrogen-bond donors (Lipinski definition) is 0. The van der Waals surface area contributed by atoms with E-state index in [1.54, 1.807) is 6.07 Å². The van der Waals surface area contributed by atoms with Crippen LogP contribution in [0.3, 0.4) is 0 Å². The molecule has 0 saturated carbocycles. The van der Waals surface area contributed by atoms with Gasteiger partial charge in [-0.3, -0.25) is 4.79 Å². The summed E-state index contributed by atoms with van der Waals surface area (Å²) >= 11 is 5.63. The van der Waals surface area contributed by atoms with E-state index in [0.29, 0.717) is 11.4 Å². The lowest BCUT2D eigenvalue weighted by molar-refractivity contribution is 0.0975. The average Bonchev–Trinajstić information content (AvgIpc) is 2.28. The van der Waals surface area contributed by atoms with Crippen molar-refractivity contribution < 1.29 is 9.18 Å². The Kier molecular flexibility index (Phi) is 6.20. The first-order valence-corrected chi connectivity index (χ1v) is 6.51. The summed E-state index contributed by atoms with van der Waals surface area (Å²) in [6.07, 6.45) is 5.81. The van der Waals surface area contributed by atoms with Gasteiger partial charge in [0.05, 0.1) is 5.56 Å². The predicted octanol–water partition coefficient (Wildman–Crippen LogP) is 5.02. The van der Waals surface area contributed by atoms with Crippen molar-refractivity contribution in [1.29, 1.82) is 0 Å². The third-order valence-electron chi connectivity index (χ3n) is 2.74. The molecule has 0 saturated heterocycles. The molecule has 0 atom stereocenters. The van der Waals surface area contributed by atoms with E-state index in [1.165, 1.54) is 25.0 Å². The fraction of sp³-hybridized carbons (Fsp3) is 0.500. The van der Waals surface area contributed by atoms with Crippen molar-refractivity contribution in [1.82, 2.24) is 0 Å². The number of carbonyl (C=O) groups is 1. The van der Waals surface area contributed by atoms with Crippen LogP contribution in [0.2, 0.25) is 5.02 Å². The fourth-order valence-corrected chi connectivity index (χ4v) is 1.90. The Balaban J connectivity index is 2.42. The number of benzene rings is 1. The highest BCUT2D eigenvalue weighted by molar-refractivity contribution is 6.30. The van der Waals surface area contributed by atoms with Crippen molar-refractivity contribution in [2.75, 3.05) is 0 Å². The maximum absolute atomic E-state index is 13.4. The zero-order valence-electron chi connectivity index (χ0n) is 10.1. The van der Waals surface area contributed by atoms with Crippen molar-refractivity contribution in [2.45, 2.75) is 45.4 Å². The van der Waals surface area contributed by atoms with Crippen molar-refractivity contribution in [3.8, 4) is 0 Å². The second kappa shape index (κ2) is 7.44. The number of hydrogen-bond acceptors (Lipinski definition) is 1. The predicted molar refractivity (Wildman–Crippen MR) is 69.1 cm³/mol. The monoisotopic (exact) mass is 256 g/mol. The molecule has 17 heavy (non-hydrogen) atoms. The van der Waals surface area contributed by atoms with Gasteiger partial charge in [-0.25, -0.2) is 4.39 Å². The van der Waals surface area contributed by atoms with Gasteiger partial charge in [-0.05, 0) is 24.6 Å². The summed E-state index contributed by atoms with van der Waals surface area (Å²) in [5.74, 6) is -0.647. The molecule has 1 aromatic rings. The number of halogens is 2. The lowest BCUT2D eigenvalue weighted by Crippen LogP contribution is -2.02. The van der Waals surface area contributed by atoms with Crippen LogP contribution < -0.4 is 0 Å². The van der Waals surface area contributed by atoms with Crippen molar-refractivity contribution in [3.63, 3.8) is 0 Å². The standard InChI is InChI=1S/C14H18ClFO/c1-2-3-4-5-6-7-14(17)12-9-8-11(15)10-13(12)16/h8-10H,2-7H2,1H3. The van der Waals surface area contributed by atoms with Crippen LogP contribution in [0, 0.1) is 5.82 Å². The zero-order valence-corrected chi connectivity index (χ0v) is 10.9. The highest BCUT2D eigenvalue weighted by atomic mass is 35.5. The quantitative estimate of drug-likeness (QED) is 0.494. The third kappa shape index (κ3) is 4.86. The molecule has 1 aromatic carbocycles. The van der Waals surface area contributed by atoms with E-state index in [9.17, 15) is 9.18 Å². The summed E-state index contributed by atoms with van der Waals surface area (Å²) in [4.78, 5) is 11.7. The van der Waals surface area contributed by atoms with E-state index >= 15 is 0 Å². The summed E-state index contributed by atoms with van der Waals surface area (Å²) in [5.41, 5.74) is 0.157. The largest absolute Gasteiger partial charge is 0.294 e. The van der Waals surface area contributed by atoms with Gasteiger partial charge >= 0.3 is 0 Å². The maximum Gasteiger partial charge on any atom is 0.165 e. The second-order valence-electron chi connectivity index (χ2n) is 4.21. The Morgan fingerprint density at radius 1 is 1.24 bits per heavy atom. The SMILES string of the molecule is CCCCCCCC(=O)c1ccc(Cl)cc1F. The van der Waals surface area contributed by atoms with Gasteiger partial charge in [0, 0.05) is 11.4 Å². The summed E-state index contributed by atoms with van der Waals surface area (Å²) in [6.45, 7) is 2.15. The molecule has 0 aromatic heterocycles. The minimum Gasteiger partial charge on any atom is -0.294 e. The lowest BCUT2D eigenvalue weighted by atomic mass is 10.0. The van der Waals surface area contributed by atoms with Crippen molar-refractivity contribution in [2.24, 2.45) is 0 Å². The number of unbranched alkanes of at least 4 members (excludes halogenated alkanes) is 4. The van der Waals surface area contributed by atoms with Gasteiger partial charge in [-0.15, -0.1) is 0 Å². The summed E-state index contributed by atoms with van der Waals surface area (Å²) in [6, 6.07) is 4.20. The van der Waals surface area contributed by atoms with Gasteiger partial charge in [0.15, 0.2) is 5.78 Å². The third-order valence-corrected chi connectivity index (χ3v) is 2.97. The van der Waals surface area contributed by atoms with E-state index in [-0.39, 0.29) is 11.3 Å². The molecule has 0 aliphatic carbocycles. The van der Waals surface area contributed by atoms with Crippen LogP contribution in [0.1, 0.15) is 55.8 Å². The van der Waals surface area contributed by atoms with Gasteiger partial charge in [0.2, 0.25) is 0 Å². The van der Waals surface area contributed by atoms with Gasteiger partial charge in [0.25, 0.3) is 0 Å². The molecule has 0 N–H and O–H groups in total. The van der Waals surface area contributed by atoms with Crippen LogP contribution in [0.5, 0.6) is 0 Å². The van der Waals surface area contributed by atoms with E-state index in [2.05, 4.69) is 6.92 Å². The molecule has 1 rings (SSSR count). The molecule has 0 aliphatic rings. The number of rotatable bonds is 7. The molecular weight excluding hydrogens is 239 g/mol. The van der Waals surface area contributed by atoms with Crippen LogP contribution in [-0.2, 0) is 0 Å². The minimum absolute atomic E-state index is 0.129. The minimum atomic E-state index is -0.518. The van der Waals surface area contributed by atoms with Crippen molar-refractivity contribution in [3.05, 3.63) is 34.6 Å². The van der Waals surface area contributed by atoms with Crippen LogP contribution in [0.15, 0.2) is 18.2 Å². The summed E-state index contributed by atoms with van der Waals surface area (Å²) in [5, 5.41) is 0.321. The molecule has 0 fully saturated rings. The first-order valence-electron chi connectivity index (χ1n) is 6.13. The Hall–Kier alpha value is -0.890. The van der Waals surface area contributed by atoms with Gasteiger partial charge in [-0.2, -0.15) is 0 Å². The topological polar surface area (TPSA) is 17.1 Å².